The predicted octanol–water partition coefficient (Wildman–Crippen LogP) is -3.74. The van der Waals surface area contributed by atoms with E-state index in [0.29, 0.717) is 18.2 Å². The summed E-state index contributed by atoms with van der Waals surface area (Å²) in [6.45, 7) is 0. The number of phenols is 1. The fourth-order valence-electron chi connectivity index (χ4n) is 2.54. The molecule has 3 aromatic rings. The van der Waals surface area contributed by atoms with Gasteiger partial charge in [0, 0.05) is 16.5 Å². The number of halogens is 1. The van der Waals surface area contributed by atoms with Crippen LogP contribution in [-0.2, 0) is 20.2 Å². The minimum Gasteiger partial charge on any atom is -0.871 e. The summed E-state index contributed by atoms with van der Waals surface area (Å²) in [7, 11) is -9.89. The van der Waals surface area contributed by atoms with E-state index in [0.717, 1.165) is 12.1 Å². The molecule has 0 aliphatic heterocycles. The summed E-state index contributed by atoms with van der Waals surface area (Å²) in [5, 5.41) is 40.6. The van der Waals surface area contributed by atoms with Crippen molar-refractivity contribution in [3.05, 3.63) is 41.4 Å². The average molecular weight is 519 g/mol. The average Bonchev–Trinajstić information content (AvgIpc) is 2.61. The Hall–Kier alpha value is -0.970. The number of fused-ring (bicyclic) bond motifs is 1. The first-order valence-electron chi connectivity index (χ1n) is 7.63. The number of phenolic OH excluding ortho intramolecular Hbond substituents is 1. The van der Waals surface area contributed by atoms with E-state index in [4.69, 9.17) is 16.2 Å². The monoisotopic (exact) mass is 518 g/mol. The topological polar surface area (TPSA) is 200 Å². The fourth-order valence-corrected chi connectivity index (χ4v) is 3.89. The second kappa shape index (κ2) is 10.5. The van der Waals surface area contributed by atoms with Crippen LogP contribution in [0, 0.1) is 0 Å². The third-order valence-corrected chi connectivity index (χ3v) is 5.77. The smallest absolute Gasteiger partial charge is 0.871 e. The zero-order valence-electron chi connectivity index (χ0n) is 16.3. The Morgan fingerprint density at radius 1 is 0.875 bits per heavy atom. The van der Waals surface area contributed by atoms with Gasteiger partial charge in [-0.05, 0) is 29.7 Å². The zero-order chi connectivity index (χ0) is 22.4. The van der Waals surface area contributed by atoms with Crippen molar-refractivity contribution >= 4 is 54.0 Å². The minimum absolute atomic E-state index is 0. The van der Waals surface area contributed by atoms with Gasteiger partial charge in [0.15, 0.2) is 0 Å². The van der Waals surface area contributed by atoms with Crippen LogP contribution >= 0.6 is 11.6 Å². The molecule has 0 aliphatic carbocycles. The molecule has 0 heterocycles. The van der Waals surface area contributed by atoms with E-state index in [1.54, 1.807) is 0 Å². The molecule has 0 unspecified atom stereocenters. The molecule has 0 saturated heterocycles. The molecule has 11 nitrogen and oxygen atoms in total. The van der Waals surface area contributed by atoms with E-state index >= 15 is 0 Å². The number of hydrogen-bond donors (Lipinski definition) is 3. The molecule has 0 radical (unpaired) electrons. The number of benzene rings is 3. The third-order valence-electron chi connectivity index (χ3n) is 3.84. The number of aromatic hydroxyl groups is 1. The summed E-state index contributed by atoms with van der Waals surface area (Å²) >= 11 is 5.74. The van der Waals surface area contributed by atoms with E-state index in [9.17, 15) is 36.7 Å². The molecule has 32 heavy (non-hydrogen) atoms. The molecule has 0 aliphatic rings. The summed E-state index contributed by atoms with van der Waals surface area (Å²) in [6, 6.07) is 5.37. The zero-order valence-corrected chi connectivity index (χ0v) is 22.7. The Kier molecular flexibility index (Phi) is 9.56. The molecule has 0 aromatic heterocycles. The van der Waals surface area contributed by atoms with Crippen LogP contribution in [0.5, 0.6) is 17.2 Å². The van der Waals surface area contributed by atoms with Crippen molar-refractivity contribution in [1.82, 2.24) is 0 Å². The number of hydrogen-bond acceptors (Lipinski definition) is 9. The van der Waals surface area contributed by atoms with E-state index in [2.05, 4.69) is 10.2 Å². The Bertz CT molecular complexity index is 1450. The molecular formula is C16H9ClN2Na2O9S2. The van der Waals surface area contributed by atoms with Gasteiger partial charge in [0.1, 0.15) is 10.6 Å². The largest absolute Gasteiger partial charge is 1.00 e. The van der Waals surface area contributed by atoms with Gasteiger partial charge in [-0.25, -0.2) is 0 Å². The van der Waals surface area contributed by atoms with Crippen molar-refractivity contribution in [2.45, 2.75) is 9.79 Å². The Balaban J connectivity index is 0.00000256. The van der Waals surface area contributed by atoms with Crippen molar-refractivity contribution in [1.29, 1.82) is 0 Å². The van der Waals surface area contributed by atoms with Gasteiger partial charge in [0.25, 0.3) is 20.2 Å². The molecule has 3 rings (SSSR count). The molecule has 0 spiro atoms. The number of nitrogens with zero attached hydrogens (tertiary/aromatic N) is 2. The Morgan fingerprint density at radius 2 is 1.50 bits per heavy atom. The van der Waals surface area contributed by atoms with Crippen LogP contribution in [0.25, 0.3) is 10.8 Å². The van der Waals surface area contributed by atoms with Gasteiger partial charge in [-0.2, -0.15) is 21.9 Å². The molecule has 0 bridgehead atoms. The maximum Gasteiger partial charge on any atom is 1.00 e. The van der Waals surface area contributed by atoms with Crippen LogP contribution in [0.2, 0.25) is 5.02 Å². The van der Waals surface area contributed by atoms with E-state index in [1.807, 2.05) is 0 Å². The van der Waals surface area contributed by atoms with Crippen molar-refractivity contribution in [3.63, 3.8) is 0 Å². The molecule has 16 heteroatoms. The maximum atomic E-state index is 12.7. The van der Waals surface area contributed by atoms with Crippen LogP contribution in [-0.4, -0.2) is 31.0 Å². The normalized spacial score (nSPS) is 11.8. The van der Waals surface area contributed by atoms with Crippen LogP contribution in [0.4, 0.5) is 11.4 Å². The summed E-state index contributed by atoms with van der Waals surface area (Å²) in [5.41, 5.74) is -1.28. The van der Waals surface area contributed by atoms with Crippen molar-refractivity contribution in [2.24, 2.45) is 10.2 Å². The second-order valence-electron chi connectivity index (χ2n) is 5.86. The molecule has 0 fully saturated rings. The molecule has 158 valence electrons. The fraction of sp³-hybridized carbons (Fsp3) is 0. The van der Waals surface area contributed by atoms with Crippen LogP contribution < -0.4 is 69.3 Å². The summed E-state index contributed by atoms with van der Waals surface area (Å²) < 4.78 is 64.7. The van der Waals surface area contributed by atoms with E-state index in [-0.39, 0.29) is 69.8 Å². The van der Waals surface area contributed by atoms with Gasteiger partial charge in [-0.3, -0.25) is 9.11 Å². The van der Waals surface area contributed by atoms with Gasteiger partial charge in [-0.1, -0.05) is 29.2 Å². The first-order chi connectivity index (χ1) is 13.8. The maximum absolute atomic E-state index is 12.7. The molecule has 0 amide bonds. The van der Waals surface area contributed by atoms with E-state index < -0.39 is 63.7 Å². The number of rotatable bonds is 4. The van der Waals surface area contributed by atoms with Crippen molar-refractivity contribution < 1.29 is 100 Å². The molecule has 0 saturated carbocycles. The van der Waals surface area contributed by atoms with Gasteiger partial charge in [-0.15, -0.1) is 5.11 Å². The first-order valence-corrected chi connectivity index (χ1v) is 10.9. The van der Waals surface area contributed by atoms with Gasteiger partial charge in [0.05, 0.1) is 16.3 Å². The third kappa shape index (κ3) is 6.12. The number of azo groups is 1. The van der Waals surface area contributed by atoms with Crippen LogP contribution in [0.15, 0.2) is 56.4 Å². The molecule has 3 N–H and O–H groups in total. The second-order valence-corrected chi connectivity index (χ2v) is 9.10. The van der Waals surface area contributed by atoms with Crippen molar-refractivity contribution in [2.75, 3.05) is 0 Å². The molecule has 0 atom stereocenters. The molecular weight excluding hydrogens is 510 g/mol. The molecule has 3 aromatic carbocycles. The summed E-state index contributed by atoms with van der Waals surface area (Å²) in [6.07, 6.45) is 0. The first kappa shape index (κ1) is 29.1. The minimum atomic E-state index is -5.08. The summed E-state index contributed by atoms with van der Waals surface area (Å²) in [4.78, 5) is -1.89. The quantitative estimate of drug-likeness (QED) is 0.176. The summed E-state index contributed by atoms with van der Waals surface area (Å²) in [5.74, 6) is -2.79. The van der Waals surface area contributed by atoms with Crippen LogP contribution in [0.1, 0.15) is 0 Å². The SMILES string of the molecule is O=S(=O)(O)c1cc(O)c2c([O-])c(N=Nc3cc(Cl)ccc3[O-])c(S(=O)(=O)O)cc2c1.[Na+].[Na+]. The van der Waals surface area contributed by atoms with Crippen molar-refractivity contribution in [3.8, 4) is 17.2 Å². The standard InChI is InChI=1S/C16H11ClN2O9S2.2Na/c17-8-1-2-11(20)10(5-8)18-19-15-13(30(26,27)28)4-7-3-9(29(23,24)25)6-12(21)14(7)16(15)22;;/h1-6,20-22H,(H,23,24,25)(H,26,27,28);;/q;2*+1/p-2. The van der Waals surface area contributed by atoms with Gasteiger partial charge in [0.2, 0.25) is 0 Å². The van der Waals surface area contributed by atoms with Gasteiger partial charge < -0.3 is 15.3 Å². The van der Waals surface area contributed by atoms with E-state index in [1.165, 1.54) is 6.07 Å². The Labute approximate surface area is 230 Å². The van der Waals surface area contributed by atoms with Crippen LogP contribution in [0.3, 0.4) is 0 Å². The predicted molar refractivity (Wildman–Crippen MR) is 99.8 cm³/mol. The Morgan fingerprint density at radius 3 is 2.06 bits per heavy atom. The van der Waals surface area contributed by atoms with Gasteiger partial charge >= 0.3 is 59.1 Å².